The molecule has 5 nitrogen and oxygen atoms in total. The zero-order valence-corrected chi connectivity index (χ0v) is 19.8. The van der Waals surface area contributed by atoms with E-state index in [1.807, 2.05) is 30.3 Å². The summed E-state index contributed by atoms with van der Waals surface area (Å²) >= 11 is 1.14. The highest BCUT2D eigenvalue weighted by Crippen LogP contribution is 2.30. The van der Waals surface area contributed by atoms with Gasteiger partial charge in [0.25, 0.3) is 0 Å². The molecule has 3 aromatic rings. The summed E-state index contributed by atoms with van der Waals surface area (Å²) in [6, 6.07) is 12.7. The Labute approximate surface area is 200 Å². The second-order valence-corrected chi connectivity index (χ2v) is 9.60. The van der Waals surface area contributed by atoms with Gasteiger partial charge in [-0.05, 0) is 44.0 Å². The van der Waals surface area contributed by atoms with Gasteiger partial charge in [0.15, 0.2) is 5.01 Å². The number of nitrogens with zero attached hydrogens (tertiary/aromatic N) is 2. The van der Waals surface area contributed by atoms with Gasteiger partial charge in [-0.3, -0.25) is 9.69 Å². The standard InChI is InChI=1S/C25H25F3N2O3S/c1-24(2,3)33-23(32)30(16-18-7-5-4-6-8-18)20(21(31)22-29-13-14-34-22)15-17-9-11-19(12-10-17)25(26,27)28/h4-14,20H,15-16H2,1-3H3/t20-/m0/s1. The van der Waals surface area contributed by atoms with Gasteiger partial charge in [-0.1, -0.05) is 42.5 Å². The Morgan fingerprint density at radius 1 is 1.00 bits per heavy atom. The number of hydrogen-bond acceptors (Lipinski definition) is 5. The number of halogens is 3. The van der Waals surface area contributed by atoms with E-state index in [4.69, 9.17) is 4.74 Å². The quantitative estimate of drug-likeness (QED) is 0.360. The molecule has 0 saturated heterocycles. The largest absolute Gasteiger partial charge is 0.444 e. The number of carbonyl (C=O) groups is 2. The Morgan fingerprint density at radius 3 is 2.18 bits per heavy atom. The minimum Gasteiger partial charge on any atom is -0.444 e. The van der Waals surface area contributed by atoms with Crippen LogP contribution in [0.5, 0.6) is 0 Å². The number of alkyl halides is 3. The van der Waals surface area contributed by atoms with Crippen LogP contribution in [0.4, 0.5) is 18.0 Å². The summed E-state index contributed by atoms with van der Waals surface area (Å²) in [7, 11) is 0. The molecule has 1 atom stereocenters. The van der Waals surface area contributed by atoms with E-state index in [2.05, 4.69) is 4.98 Å². The van der Waals surface area contributed by atoms with Gasteiger partial charge in [0.05, 0.1) is 5.56 Å². The first kappa shape index (κ1) is 25.4. The molecule has 0 radical (unpaired) electrons. The third kappa shape index (κ3) is 6.90. The molecule has 0 bridgehead atoms. The van der Waals surface area contributed by atoms with Gasteiger partial charge < -0.3 is 4.74 Å². The number of thiazole rings is 1. The molecule has 0 saturated carbocycles. The average Bonchev–Trinajstić information content (AvgIpc) is 3.30. The summed E-state index contributed by atoms with van der Waals surface area (Å²) in [4.78, 5) is 32.1. The maximum Gasteiger partial charge on any atom is 0.416 e. The van der Waals surface area contributed by atoms with E-state index in [0.717, 1.165) is 29.0 Å². The molecule has 0 aliphatic heterocycles. The number of Topliss-reactive ketones (excluding diaryl/α,β-unsaturated/α-hetero) is 1. The lowest BCUT2D eigenvalue weighted by atomic mass is 9.99. The number of ketones is 1. The van der Waals surface area contributed by atoms with Crippen LogP contribution in [-0.4, -0.2) is 33.4 Å². The highest BCUT2D eigenvalue weighted by molar-refractivity contribution is 7.11. The fraction of sp³-hybridized carbons (Fsp3) is 0.320. The maximum atomic E-state index is 13.5. The van der Waals surface area contributed by atoms with Crippen molar-refractivity contribution in [2.24, 2.45) is 0 Å². The van der Waals surface area contributed by atoms with E-state index in [0.29, 0.717) is 5.56 Å². The van der Waals surface area contributed by atoms with Crippen LogP contribution < -0.4 is 0 Å². The topological polar surface area (TPSA) is 59.5 Å². The van der Waals surface area contributed by atoms with Crippen molar-refractivity contribution < 1.29 is 27.5 Å². The molecule has 2 aromatic carbocycles. The van der Waals surface area contributed by atoms with Gasteiger partial charge in [-0.25, -0.2) is 9.78 Å². The number of carbonyl (C=O) groups excluding carboxylic acids is 2. The summed E-state index contributed by atoms with van der Waals surface area (Å²) in [5, 5.41) is 1.86. The van der Waals surface area contributed by atoms with E-state index < -0.39 is 35.3 Å². The van der Waals surface area contributed by atoms with Crippen molar-refractivity contribution in [3.8, 4) is 0 Å². The van der Waals surface area contributed by atoms with Crippen LogP contribution in [0.1, 0.15) is 47.3 Å². The van der Waals surface area contributed by atoms with Gasteiger partial charge in [0.2, 0.25) is 5.78 Å². The minimum absolute atomic E-state index is 0.00261. The Bertz CT molecular complexity index is 1090. The Hall–Kier alpha value is -3.20. The molecule has 180 valence electrons. The van der Waals surface area contributed by atoms with Crippen molar-refractivity contribution in [2.75, 3.05) is 0 Å². The van der Waals surface area contributed by atoms with E-state index in [1.54, 1.807) is 26.2 Å². The molecule has 1 amide bonds. The Balaban J connectivity index is 2.00. The van der Waals surface area contributed by atoms with Crippen LogP contribution >= 0.6 is 11.3 Å². The molecule has 3 rings (SSSR count). The minimum atomic E-state index is -4.47. The maximum absolute atomic E-state index is 13.5. The van der Waals surface area contributed by atoms with Crippen molar-refractivity contribution >= 4 is 23.2 Å². The molecule has 0 unspecified atom stereocenters. The number of aromatic nitrogens is 1. The first-order valence-electron chi connectivity index (χ1n) is 10.6. The molecule has 1 heterocycles. The summed E-state index contributed by atoms with van der Waals surface area (Å²) in [5.41, 5.74) is -0.343. The lowest BCUT2D eigenvalue weighted by Crippen LogP contribution is -2.48. The fourth-order valence-electron chi connectivity index (χ4n) is 3.29. The van der Waals surface area contributed by atoms with Crippen LogP contribution in [0, 0.1) is 0 Å². The summed E-state index contributed by atoms with van der Waals surface area (Å²) in [5.74, 6) is -0.406. The lowest BCUT2D eigenvalue weighted by Gasteiger charge is -2.33. The van der Waals surface area contributed by atoms with Crippen LogP contribution in [0.25, 0.3) is 0 Å². The van der Waals surface area contributed by atoms with Crippen LogP contribution in [-0.2, 0) is 23.9 Å². The third-order valence-corrected chi connectivity index (χ3v) is 5.64. The summed E-state index contributed by atoms with van der Waals surface area (Å²) in [6.45, 7) is 5.25. The van der Waals surface area contributed by atoms with Gasteiger partial charge >= 0.3 is 12.3 Å². The van der Waals surface area contributed by atoms with Gasteiger partial charge in [0, 0.05) is 24.5 Å². The molecule has 0 spiro atoms. The number of amides is 1. The molecule has 9 heteroatoms. The first-order valence-corrected chi connectivity index (χ1v) is 11.5. The van der Waals surface area contributed by atoms with E-state index in [1.165, 1.54) is 23.2 Å². The van der Waals surface area contributed by atoms with Crippen molar-refractivity contribution in [3.63, 3.8) is 0 Å². The predicted octanol–water partition coefficient (Wildman–Crippen LogP) is 6.39. The van der Waals surface area contributed by atoms with Crippen LogP contribution in [0.3, 0.4) is 0 Å². The van der Waals surface area contributed by atoms with E-state index in [-0.39, 0.29) is 18.0 Å². The zero-order chi connectivity index (χ0) is 24.9. The molecule has 0 fully saturated rings. The smallest absolute Gasteiger partial charge is 0.416 e. The molecular weight excluding hydrogens is 465 g/mol. The SMILES string of the molecule is CC(C)(C)OC(=O)N(Cc1ccccc1)[C@@H](Cc1ccc(C(F)(F)F)cc1)C(=O)c1nccs1. The van der Waals surface area contributed by atoms with Crippen LogP contribution in [0.15, 0.2) is 66.2 Å². The van der Waals surface area contributed by atoms with E-state index in [9.17, 15) is 22.8 Å². The molecule has 0 aliphatic carbocycles. The summed E-state index contributed by atoms with van der Waals surface area (Å²) < 4.78 is 44.6. The second-order valence-electron chi connectivity index (χ2n) is 8.71. The highest BCUT2D eigenvalue weighted by Gasteiger charge is 2.35. The molecule has 0 aliphatic rings. The molecule has 1 aromatic heterocycles. The second kappa shape index (κ2) is 10.4. The first-order chi connectivity index (χ1) is 15.9. The number of rotatable bonds is 7. The Kier molecular flexibility index (Phi) is 7.76. The van der Waals surface area contributed by atoms with Crippen molar-refractivity contribution in [3.05, 3.63) is 87.9 Å². The lowest BCUT2D eigenvalue weighted by molar-refractivity contribution is -0.137. The molecule has 34 heavy (non-hydrogen) atoms. The van der Waals surface area contributed by atoms with Gasteiger partial charge in [-0.2, -0.15) is 13.2 Å². The fourth-order valence-corrected chi connectivity index (χ4v) is 3.91. The number of hydrogen-bond donors (Lipinski definition) is 0. The van der Waals surface area contributed by atoms with Crippen molar-refractivity contribution in [2.45, 2.75) is 51.6 Å². The summed E-state index contributed by atoms with van der Waals surface area (Å²) in [6.07, 6.45) is -3.67. The van der Waals surface area contributed by atoms with Gasteiger partial charge in [0.1, 0.15) is 11.6 Å². The predicted molar refractivity (Wildman–Crippen MR) is 124 cm³/mol. The number of ether oxygens (including phenoxy) is 1. The number of benzene rings is 2. The Morgan fingerprint density at radius 2 is 1.65 bits per heavy atom. The zero-order valence-electron chi connectivity index (χ0n) is 19.0. The van der Waals surface area contributed by atoms with Gasteiger partial charge in [-0.15, -0.1) is 11.3 Å². The normalized spacial score (nSPS) is 12.8. The monoisotopic (exact) mass is 490 g/mol. The van der Waals surface area contributed by atoms with Crippen molar-refractivity contribution in [1.29, 1.82) is 0 Å². The van der Waals surface area contributed by atoms with Crippen LogP contribution in [0.2, 0.25) is 0 Å². The third-order valence-electron chi connectivity index (χ3n) is 4.86. The highest BCUT2D eigenvalue weighted by atomic mass is 32.1. The molecule has 0 N–H and O–H groups in total. The average molecular weight is 491 g/mol. The van der Waals surface area contributed by atoms with E-state index >= 15 is 0 Å². The van der Waals surface area contributed by atoms with Crippen molar-refractivity contribution in [1.82, 2.24) is 9.88 Å². The molecular formula is C25H25F3N2O3S.